The van der Waals surface area contributed by atoms with Crippen LogP contribution in [0.3, 0.4) is 0 Å². The molecular weight excluding hydrogens is 344 g/mol. The van der Waals surface area contributed by atoms with E-state index in [1.54, 1.807) is 24.3 Å². The van der Waals surface area contributed by atoms with Crippen molar-refractivity contribution in [3.8, 4) is 0 Å². The average molecular weight is 360 g/mol. The lowest BCUT2D eigenvalue weighted by Gasteiger charge is -2.15. The van der Waals surface area contributed by atoms with Crippen molar-refractivity contribution in [1.29, 1.82) is 0 Å². The second kappa shape index (κ2) is 6.49. The molecule has 0 unspecified atom stereocenters. The van der Waals surface area contributed by atoms with Crippen LogP contribution in [-0.2, 0) is 25.6 Å². The van der Waals surface area contributed by atoms with Gasteiger partial charge in [-0.25, -0.2) is 9.80 Å². The fraction of sp³-hybridized carbons (Fsp3) is 0.0476. The van der Waals surface area contributed by atoms with E-state index in [2.05, 4.69) is 0 Å². The molecule has 0 atom stereocenters. The number of hydrogen-bond donors (Lipinski definition) is 0. The first-order valence-corrected chi connectivity index (χ1v) is 8.33. The molecule has 4 rings (SSSR count). The minimum absolute atomic E-state index is 0. The zero-order valence-corrected chi connectivity index (χ0v) is 14.2. The summed E-state index contributed by atoms with van der Waals surface area (Å²) in [6.45, 7) is 0. The van der Waals surface area contributed by atoms with Crippen LogP contribution in [0.1, 0.15) is 12.6 Å². The Kier molecular flexibility index (Phi) is 4.01. The Labute approximate surface area is 156 Å². The predicted molar refractivity (Wildman–Crippen MR) is 101 cm³/mol. The Morgan fingerprint density at radius 1 is 0.519 bits per heavy atom. The number of rotatable bonds is 4. The van der Waals surface area contributed by atoms with Crippen LogP contribution in [0, 0.1) is 0 Å². The van der Waals surface area contributed by atoms with E-state index in [0.29, 0.717) is 17.8 Å². The lowest BCUT2D eigenvalue weighted by atomic mass is 10.0. The molecule has 0 fully saturated rings. The Morgan fingerprint density at radius 3 is 1.11 bits per heavy atom. The van der Waals surface area contributed by atoms with Gasteiger partial charge in [-0.15, -0.1) is 0 Å². The quantitative estimate of drug-likeness (QED) is 0.785. The first-order valence-electron chi connectivity index (χ1n) is 8.33. The highest BCUT2D eigenvalue weighted by Gasteiger charge is 2.25. The molecule has 2 heterocycles. The summed E-state index contributed by atoms with van der Waals surface area (Å²) in [5.74, 6) is -1.37. The summed E-state index contributed by atoms with van der Waals surface area (Å²) in [4.78, 5) is 49.1. The zero-order valence-electron chi connectivity index (χ0n) is 14.2. The third-order valence-corrected chi connectivity index (χ3v) is 4.42. The first kappa shape index (κ1) is 16.7. The minimum atomic E-state index is -0.344. The van der Waals surface area contributed by atoms with E-state index in [9.17, 15) is 19.2 Å². The van der Waals surface area contributed by atoms with Crippen LogP contribution in [0.4, 0.5) is 11.4 Å². The molecule has 2 aromatic carbocycles. The second-order valence-corrected chi connectivity index (χ2v) is 6.20. The summed E-state index contributed by atoms with van der Waals surface area (Å²) >= 11 is 0. The van der Waals surface area contributed by atoms with Gasteiger partial charge in [0.15, 0.2) is 0 Å². The molecule has 0 bridgehead atoms. The Hall–Kier alpha value is -3.80. The van der Waals surface area contributed by atoms with Gasteiger partial charge in [-0.2, -0.15) is 0 Å². The molecular formula is C21H16N2O4. The van der Waals surface area contributed by atoms with Gasteiger partial charge < -0.3 is 0 Å². The van der Waals surface area contributed by atoms with Crippen molar-refractivity contribution in [2.45, 2.75) is 6.42 Å². The SMILES string of the molecule is O=C1C=CC(=O)N1c1ccc(Cc2ccc(N3C(=O)C=CC3=O)cc2)cc1.[HH]. The van der Waals surface area contributed by atoms with Crippen molar-refractivity contribution in [3.63, 3.8) is 0 Å². The van der Waals surface area contributed by atoms with Crippen molar-refractivity contribution in [2.75, 3.05) is 9.80 Å². The van der Waals surface area contributed by atoms with E-state index in [-0.39, 0.29) is 25.1 Å². The molecule has 0 spiro atoms. The van der Waals surface area contributed by atoms with Gasteiger partial charge in [-0.05, 0) is 41.8 Å². The largest absolute Gasteiger partial charge is 0.269 e. The Balaban J connectivity index is 0.00000225. The molecule has 0 radical (unpaired) electrons. The molecule has 0 N–H and O–H groups in total. The van der Waals surface area contributed by atoms with E-state index in [1.807, 2.05) is 24.3 Å². The Morgan fingerprint density at radius 2 is 0.815 bits per heavy atom. The van der Waals surface area contributed by atoms with Crippen molar-refractivity contribution >= 4 is 35.0 Å². The molecule has 2 aliphatic heterocycles. The number of hydrogen-bond acceptors (Lipinski definition) is 4. The third kappa shape index (κ3) is 3.08. The van der Waals surface area contributed by atoms with Crippen molar-refractivity contribution in [1.82, 2.24) is 0 Å². The topological polar surface area (TPSA) is 74.8 Å². The van der Waals surface area contributed by atoms with Gasteiger partial charge in [0.2, 0.25) is 0 Å². The van der Waals surface area contributed by atoms with Crippen LogP contribution in [-0.4, -0.2) is 23.6 Å². The van der Waals surface area contributed by atoms with Crippen molar-refractivity contribution < 1.29 is 20.6 Å². The standard InChI is InChI=1S/C21H14N2O4.H2/c24-18-9-10-19(25)22(18)16-5-1-14(2-6-16)13-15-3-7-17(8-4-15)23-20(26)11-12-21(23)27;/h1-12H,13H2;1H. The van der Waals surface area contributed by atoms with Gasteiger partial charge in [0.05, 0.1) is 11.4 Å². The fourth-order valence-corrected chi connectivity index (χ4v) is 3.07. The minimum Gasteiger partial charge on any atom is -0.269 e. The molecule has 2 aliphatic rings. The number of amides is 4. The lowest BCUT2D eigenvalue weighted by Crippen LogP contribution is -2.29. The van der Waals surface area contributed by atoms with Gasteiger partial charge in [0.1, 0.15) is 0 Å². The first-order chi connectivity index (χ1) is 13.0. The molecule has 6 nitrogen and oxygen atoms in total. The van der Waals surface area contributed by atoms with Gasteiger partial charge in [-0.3, -0.25) is 19.2 Å². The highest BCUT2D eigenvalue weighted by Crippen LogP contribution is 2.23. The number of anilines is 2. The summed E-state index contributed by atoms with van der Waals surface area (Å²) < 4.78 is 0. The summed E-state index contributed by atoms with van der Waals surface area (Å²) in [7, 11) is 0. The number of nitrogens with zero attached hydrogens (tertiary/aromatic N) is 2. The van der Waals surface area contributed by atoms with E-state index in [4.69, 9.17) is 0 Å². The third-order valence-electron chi connectivity index (χ3n) is 4.42. The number of imide groups is 2. The van der Waals surface area contributed by atoms with Crippen LogP contribution < -0.4 is 9.80 Å². The maximum absolute atomic E-state index is 11.7. The highest BCUT2D eigenvalue weighted by atomic mass is 16.2. The van der Waals surface area contributed by atoms with Crippen molar-refractivity contribution in [3.05, 3.63) is 84.0 Å². The molecule has 0 aliphatic carbocycles. The van der Waals surface area contributed by atoms with E-state index in [0.717, 1.165) is 20.9 Å². The van der Waals surface area contributed by atoms with Crippen LogP contribution in [0.5, 0.6) is 0 Å². The average Bonchev–Trinajstić information content (AvgIpc) is 3.18. The van der Waals surface area contributed by atoms with Gasteiger partial charge in [-0.1, -0.05) is 24.3 Å². The van der Waals surface area contributed by atoms with E-state index >= 15 is 0 Å². The Bertz CT molecular complexity index is 904. The molecule has 0 aromatic heterocycles. The molecule has 0 saturated carbocycles. The van der Waals surface area contributed by atoms with E-state index in [1.165, 1.54) is 24.3 Å². The molecule has 27 heavy (non-hydrogen) atoms. The molecule has 4 amide bonds. The highest BCUT2D eigenvalue weighted by molar-refractivity contribution is 6.28. The fourth-order valence-electron chi connectivity index (χ4n) is 3.07. The van der Waals surface area contributed by atoms with Crippen LogP contribution in [0.25, 0.3) is 0 Å². The van der Waals surface area contributed by atoms with Gasteiger partial charge in [0, 0.05) is 25.7 Å². The van der Waals surface area contributed by atoms with Gasteiger partial charge in [0.25, 0.3) is 23.6 Å². The predicted octanol–water partition coefficient (Wildman–Crippen LogP) is 2.38. The molecule has 2 aromatic rings. The maximum atomic E-state index is 11.7. The molecule has 0 saturated heterocycles. The summed E-state index contributed by atoms with van der Waals surface area (Å²) in [6.07, 6.45) is 5.65. The van der Waals surface area contributed by atoms with Crippen LogP contribution >= 0.6 is 0 Å². The normalized spacial score (nSPS) is 16.1. The number of carbonyl (C=O) groups excluding carboxylic acids is 4. The maximum Gasteiger partial charge on any atom is 0.258 e. The monoisotopic (exact) mass is 360 g/mol. The smallest absolute Gasteiger partial charge is 0.258 e. The summed E-state index contributed by atoms with van der Waals surface area (Å²) in [5.41, 5.74) is 3.09. The number of benzene rings is 2. The van der Waals surface area contributed by atoms with Crippen molar-refractivity contribution in [2.24, 2.45) is 0 Å². The van der Waals surface area contributed by atoms with Crippen LogP contribution in [0.15, 0.2) is 72.8 Å². The molecule has 134 valence electrons. The zero-order chi connectivity index (χ0) is 19.0. The summed E-state index contributed by atoms with van der Waals surface area (Å²) in [6, 6.07) is 14.4. The summed E-state index contributed by atoms with van der Waals surface area (Å²) in [5, 5.41) is 0. The van der Waals surface area contributed by atoms with Gasteiger partial charge >= 0.3 is 0 Å². The van der Waals surface area contributed by atoms with Crippen LogP contribution in [0.2, 0.25) is 0 Å². The lowest BCUT2D eigenvalue weighted by molar-refractivity contribution is -0.121. The number of carbonyl (C=O) groups is 4. The molecule has 6 heteroatoms. The second-order valence-electron chi connectivity index (χ2n) is 6.20. The van der Waals surface area contributed by atoms with E-state index < -0.39 is 0 Å².